The summed E-state index contributed by atoms with van der Waals surface area (Å²) in [7, 11) is 0. The molecule has 1 aromatic heterocycles. The molecule has 1 heterocycles. The van der Waals surface area contributed by atoms with Gasteiger partial charge in [-0.3, -0.25) is 0 Å². The highest BCUT2D eigenvalue weighted by Crippen LogP contribution is 2.12. The Kier molecular flexibility index (Phi) is 4.94. The maximum absolute atomic E-state index is 8.51. The summed E-state index contributed by atoms with van der Waals surface area (Å²) in [4.78, 5) is 0. The van der Waals surface area contributed by atoms with Crippen LogP contribution in [-0.2, 0) is 0 Å². The number of aliphatic hydroxyl groups excluding tert-OH is 1. The molecule has 0 unspecified atom stereocenters. The minimum absolute atomic E-state index is 0. The first-order valence-corrected chi connectivity index (χ1v) is 3.24. The van der Waals surface area contributed by atoms with E-state index in [-0.39, 0.29) is 25.1 Å². The normalized spacial score (nSPS) is 12.2. The minimum atomic E-state index is -0.167. The van der Waals surface area contributed by atoms with Gasteiger partial charge < -0.3 is 15.3 Å². The predicted octanol–water partition coefficient (Wildman–Crippen LogP) is 1.08. The SMILES string of the molecule is Cl.N[C@@H](CCO)c1ccco1. The zero-order chi connectivity index (χ0) is 7.40. The standard InChI is InChI=1S/C7H11NO2.ClH/c8-6(3-4-9)7-2-1-5-10-7;/h1-2,5-6,9H,3-4,8H2;1H/t6-;/m0./s1. The Balaban J connectivity index is 0.000001000. The summed E-state index contributed by atoms with van der Waals surface area (Å²) >= 11 is 0. The van der Waals surface area contributed by atoms with Crippen molar-refractivity contribution in [3.8, 4) is 0 Å². The first-order valence-electron chi connectivity index (χ1n) is 3.24. The van der Waals surface area contributed by atoms with Crippen LogP contribution in [0.1, 0.15) is 18.2 Å². The van der Waals surface area contributed by atoms with E-state index >= 15 is 0 Å². The molecule has 0 saturated heterocycles. The van der Waals surface area contributed by atoms with Crippen LogP contribution < -0.4 is 5.73 Å². The van der Waals surface area contributed by atoms with Crippen molar-refractivity contribution >= 4 is 12.4 Å². The zero-order valence-corrected chi connectivity index (χ0v) is 6.88. The Labute approximate surface area is 71.6 Å². The summed E-state index contributed by atoms with van der Waals surface area (Å²) < 4.78 is 5.01. The van der Waals surface area contributed by atoms with Crippen LogP contribution >= 0.6 is 12.4 Å². The van der Waals surface area contributed by atoms with E-state index in [1.54, 1.807) is 18.4 Å². The van der Waals surface area contributed by atoms with Gasteiger partial charge in [0, 0.05) is 6.61 Å². The van der Waals surface area contributed by atoms with Crippen LogP contribution in [0.2, 0.25) is 0 Å². The van der Waals surface area contributed by atoms with Crippen molar-refractivity contribution in [2.45, 2.75) is 12.5 Å². The molecule has 0 radical (unpaired) electrons. The molecule has 11 heavy (non-hydrogen) atoms. The monoisotopic (exact) mass is 177 g/mol. The number of aliphatic hydroxyl groups is 1. The Morgan fingerprint density at radius 3 is 2.82 bits per heavy atom. The molecule has 0 aliphatic heterocycles. The highest BCUT2D eigenvalue weighted by molar-refractivity contribution is 5.85. The quantitative estimate of drug-likeness (QED) is 0.727. The van der Waals surface area contributed by atoms with Crippen molar-refractivity contribution in [1.82, 2.24) is 0 Å². The molecule has 1 atom stereocenters. The highest BCUT2D eigenvalue weighted by atomic mass is 35.5. The van der Waals surface area contributed by atoms with E-state index in [1.165, 1.54) is 0 Å². The second-order valence-corrected chi connectivity index (χ2v) is 2.13. The molecule has 0 amide bonds. The average molecular weight is 178 g/mol. The summed E-state index contributed by atoms with van der Waals surface area (Å²) in [5, 5.41) is 8.51. The first kappa shape index (κ1) is 10.5. The molecule has 1 rings (SSSR count). The van der Waals surface area contributed by atoms with Gasteiger partial charge in [-0.15, -0.1) is 12.4 Å². The smallest absolute Gasteiger partial charge is 0.120 e. The van der Waals surface area contributed by atoms with Gasteiger partial charge in [0.25, 0.3) is 0 Å². The van der Waals surface area contributed by atoms with Crippen molar-refractivity contribution < 1.29 is 9.52 Å². The van der Waals surface area contributed by atoms with Gasteiger partial charge in [0.15, 0.2) is 0 Å². The zero-order valence-electron chi connectivity index (χ0n) is 6.06. The number of hydrogen-bond acceptors (Lipinski definition) is 3. The van der Waals surface area contributed by atoms with Crippen molar-refractivity contribution in [1.29, 1.82) is 0 Å². The van der Waals surface area contributed by atoms with Gasteiger partial charge >= 0.3 is 0 Å². The summed E-state index contributed by atoms with van der Waals surface area (Å²) in [5.41, 5.74) is 5.60. The van der Waals surface area contributed by atoms with Crippen LogP contribution in [0.3, 0.4) is 0 Å². The summed E-state index contributed by atoms with van der Waals surface area (Å²) in [6.07, 6.45) is 2.13. The molecule has 0 spiro atoms. The Hall–Kier alpha value is -0.510. The summed E-state index contributed by atoms with van der Waals surface area (Å²) in [6, 6.07) is 3.42. The minimum Gasteiger partial charge on any atom is -0.468 e. The van der Waals surface area contributed by atoms with E-state index in [0.717, 1.165) is 5.76 Å². The number of halogens is 1. The molecule has 64 valence electrons. The number of hydrogen-bond donors (Lipinski definition) is 2. The largest absolute Gasteiger partial charge is 0.468 e. The molecule has 1 aromatic rings. The Bertz CT molecular complexity index is 177. The average Bonchev–Trinajstić information content (AvgIpc) is 2.38. The van der Waals surface area contributed by atoms with Crippen LogP contribution in [0.25, 0.3) is 0 Å². The molecule has 0 aromatic carbocycles. The van der Waals surface area contributed by atoms with Crippen molar-refractivity contribution in [3.05, 3.63) is 24.2 Å². The lowest BCUT2D eigenvalue weighted by Crippen LogP contribution is -2.10. The van der Waals surface area contributed by atoms with Gasteiger partial charge in [0.1, 0.15) is 5.76 Å². The van der Waals surface area contributed by atoms with Crippen LogP contribution in [-0.4, -0.2) is 11.7 Å². The number of nitrogens with two attached hydrogens (primary N) is 1. The van der Waals surface area contributed by atoms with E-state index in [1.807, 2.05) is 0 Å². The third kappa shape index (κ3) is 2.93. The molecular weight excluding hydrogens is 166 g/mol. The summed E-state index contributed by atoms with van der Waals surface area (Å²) in [5.74, 6) is 0.731. The maximum atomic E-state index is 8.51. The van der Waals surface area contributed by atoms with E-state index in [0.29, 0.717) is 6.42 Å². The maximum Gasteiger partial charge on any atom is 0.120 e. The topological polar surface area (TPSA) is 59.4 Å². The van der Waals surface area contributed by atoms with E-state index in [2.05, 4.69) is 0 Å². The van der Waals surface area contributed by atoms with Crippen molar-refractivity contribution in [3.63, 3.8) is 0 Å². The lowest BCUT2D eigenvalue weighted by Gasteiger charge is -2.04. The molecule has 0 saturated carbocycles. The van der Waals surface area contributed by atoms with Gasteiger partial charge in [0.2, 0.25) is 0 Å². The Morgan fingerprint density at radius 1 is 1.64 bits per heavy atom. The molecule has 0 aliphatic carbocycles. The second kappa shape index (κ2) is 5.18. The molecule has 3 nitrogen and oxygen atoms in total. The predicted molar refractivity (Wildman–Crippen MR) is 44.6 cm³/mol. The molecule has 3 N–H and O–H groups in total. The van der Waals surface area contributed by atoms with Crippen molar-refractivity contribution in [2.24, 2.45) is 5.73 Å². The fraction of sp³-hybridized carbons (Fsp3) is 0.429. The number of rotatable bonds is 3. The molecule has 0 aliphatic rings. The fourth-order valence-corrected chi connectivity index (χ4v) is 0.784. The second-order valence-electron chi connectivity index (χ2n) is 2.13. The van der Waals surface area contributed by atoms with Gasteiger partial charge in [-0.25, -0.2) is 0 Å². The molecular formula is C7H12ClNO2. The van der Waals surface area contributed by atoms with E-state index in [4.69, 9.17) is 15.3 Å². The van der Waals surface area contributed by atoms with Gasteiger partial charge in [-0.05, 0) is 18.6 Å². The van der Waals surface area contributed by atoms with Gasteiger partial charge in [-0.1, -0.05) is 0 Å². The summed E-state index contributed by atoms with van der Waals surface area (Å²) in [6.45, 7) is 0.0991. The fourth-order valence-electron chi connectivity index (χ4n) is 0.784. The number of furan rings is 1. The van der Waals surface area contributed by atoms with Gasteiger partial charge in [-0.2, -0.15) is 0 Å². The molecule has 0 fully saturated rings. The molecule has 4 heteroatoms. The van der Waals surface area contributed by atoms with Crippen LogP contribution in [0.4, 0.5) is 0 Å². The van der Waals surface area contributed by atoms with Crippen molar-refractivity contribution in [2.75, 3.05) is 6.61 Å². The third-order valence-electron chi connectivity index (χ3n) is 1.35. The lowest BCUT2D eigenvalue weighted by molar-refractivity contribution is 0.268. The Morgan fingerprint density at radius 2 is 2.36 bits per heavy atom. The van der Waals surface area contributed by atoms with Crippen LogP contribution in [0.5, 0.6) is 0 Å². The van der Waals surface area contributed by atoms with Crippen LogP contribution in [0.15, 0.2) is 22.8 Å². The molecule has 0 bridgehead atoms. The van der Waals surface area contributed by atoms with Crippen LogP contribution in [0, 0.1) is 0 Å². The third-order valence-corrected chi connectivity index (χ3v) is 1.35. The highest BCUT2D eigenvalue weighted by Gasteiger charge is 2.06. The van der Waals surface area contributed by atoms with Gasteiger partial charge in [0.05, 0.1) is 12.3 Å². The van der Waals surface area contributed by atoms with E-state index in [9.17, 15) is 0 Å². The van der Waals surface area contributed by atoms with E-state index < -0.39 is 0 Å². The first-order chi connectivity index (χ1) is 4.84. The lowest BCUT2D eigenvalue weighted by atomic mass is 10.2.